The third-order valence-electron chi connectivity index (χ3n) is 7.61. The van der Waals surface area contributed by atoms with Gasteiger partial charge in [-0.05, 0) is 59.0 Å². The fourth-order valence-electron chi connectivity index (χ4n) is 5.30. The molecule has 1 fully saturated rings. The number of aromatic nitrogens is 2. The number of fused-ring (bicyclic) bond motifs is 1. The van der Waals surface area contributed by atoms with Crippen LogP contribution in [0.15, 0.2) is 102 Å². The summed E-state index contributed by atoms with van der Waals surface area (Å²) in [6.45, 7) is 0. The van der Waals surface area contributed by atoms with E-state index in [4.69, 9.17) is 4.74 Å². The maximum absolute atomic E-state index is 13.7. The Labute approximate surface area is 259 Å². The van der Waals surface area contributed by atoms with E-state index in [1.807, 2.05) is 35.1 Å². The monoisotopic (exact) mass is 644 g/mol. The van der Waals surface area contributed by atoms with Crippen molar-refractivity contribution in [2.45, 2.75) is 29.0 Å². The molecular weight excluding hydrogens is 617 g/mol. The lowest BCUT2D eigenvalue weighted by Crippen LogP contribution is -2.31. The number of hydrogen-bond donors (Lipinski definition) is 3. The molecule has 13 heteroatoms. The highest BCUT2D eigenvalue weighted by Gasteiger charge is 2.37. The van der Waals surface area contributed by atoms with Crippen LogP contribution in [0.4, 0.5) is 0 Å². The van der Waals surface area contributed by atoms with Gasteiger partial charge in [-0.1, -0.05) is 66.7 Å². The molecule has 2 heterocycles. The first-order valence-electron chi connectivity index (χ1n) is 13.9. The molecule has 0 spiro atoms. The predicted molar refractivity (Wildman–Crippen MR) is 167 cm³/mol. The number of benzene rings is 4. The summed E-state index contributed by atoms with van der Waals surface area (Å²) in [5.74, 6) is -0.769. The first-order valence-corrected chi connectivity index (χ1v) is 16.9. The van der Waals surface area contributed by atoms with Crippen LogP contribution >= 0.6 is 0 Å². The van der Waals surface area contributed by atoms with E-state index >= 15 is 0 Å². The number of H-pyrrole nitrogens is 1. The Morgan fingerprint density at radius 1 is 0.978 bits per heavy atom. The summed E-state index contributed by atoms with van der Waals surface area (Å²) in [5.41, 5.74) is 4.31. The second-order valence-electron chi connectivity index (χ2n) is 10.6. The van der Waals surface area contributed by atoms with Gasteiger partial charge in [-0.25, -0.2) is 31.3 Å². The number of hydrogen-bond acceptors (Lipinski definition) is 8. The molecule has 11 nitrogen and oxygen atoms in total. The number of aromatic amines is 1. The first kappa shape index (κ1) is 30.2. The molecule has 1 amide bonds. The molecule has 1 aliphatic heterocycles. The molecule has 1 aromatic heterocycles. The summed E-state index contributed by atoms with van der Waals surface area (Å²) in [5, 5.41) is -0.994. The van der Waals surface area contributed by atoms with Crippen molar-refractivity contribution < 1.29 is 31.2 Å². The van der Waals surface area contributed by atoms with E-state index in [1.165, 1.54) is 19.2 Å². The Morgan fingerprint density at radius 3 is 2.31 bits per heavy atom. The number of nitrogens with zero attached hydrogens (tertiary/aromatic N) is 1. The third-order valence-corrected chi connectivity index (χ3v) is 10.8. The molecule has 3 N–H and O–H groups in total. The number of rotatable bonds is 9. The number of carbonyl (C=O) groups is 2. The second kappa shape index (κ2) is 11.9. The number of imidazole rings is 1. The standard InChI is InChI=1S/C32H28N4O7S2/c1-43-32(38)24-13-16-26-27(18-24)34-31(33-26)28(17-20-7-9-23(10-8-20)29-19-30(37)36-45(29,41)42)35-44(39,40)25-14-11-22(12-15-25)21-5-3-2-4-6-21/h2-16,18,28-29,35H,17,19H2,1H3,(H,33,34)(H,36,37). The lowest BCUT2D eigenvalue weighted by molar-refractivity contribution is -0.118. The van der Waals surface area contributed by atoms with Crippen LogP contribution in [-0.4, -0.2) is 45.8 Å². The zero-order valence-corrected chi connectivity index (χ0v) is 25.6. The molecule has 0 aliphatic carbocycles. The Balaban J connectivity index is 1.32. The fraction of sp³-hybridized carbons (Fsp3) is 0.156. The minimum Gasteiger partial charge on any atom is -0.465 e. The van der Waals surface area contributed by atoms with Gasteiger partial charge in [-0.2, -0.15) is 0 Å². The van der Waals surface area contributed by atoms with Gasteiger partial charge in [0.2, 0.25) is 26.0 Å². The van der Waals surface area contributed by atoms with E-state index in [2.05, 4.69) is 14.7 Å². The number of ether oxygens (including phenoxy) is 1. The summed E-state index contributed by atoms with van der Waals surface area (Å²) in [4.78, 5) is 31.6. The molecule has 5 aromatic rings. The molecule has 2 unspecified atom stereocenters. The van der Waals surface area contributed by atoms with E-state index in [9.17, 15) is 26.4 Å². The maximum Gasteiger partial charge on any atom is 0.337 e. The van der Waals surface area contributed by atoms with Crippen LogP contribution in [0, 0.1) is 0 Å². The maximum atomic E-state index is 13.7. The lowest BCUT2D eigenvalue weighted by Gasteiger charge is -2.18. The molecule has 1 saturated heterocycles. The Hall–Kier alpha value is -4.85. The van der Waals surface area contributed by atoms with Crippen LogP contribution in [0.2, 0.25) is 0 Å². The fourth-order valence-corrected chi connectivity index (χ4v) is 7.93. The van der Waals surface area contributed by atoms with Gasteiger partial charge in [0.1, 0.15) is 11.1 Å². The van der Waals surface area contributed by atoms with Crippen molar-refractivity contribution in [1.82, 2.24) is 19.4 Å². The van der Waals surface area contributed by atoms with Crippen molar-refractivity contribution in [3.63, 3.8) is 0 Å². The number of nitrogens with one attached hydrogen (secondary N) is 3. The Morgan fingerprint density at radius 2 is 1.67 bits per heavy atom. The van der Waals surface area contributed by atoms with Gasteiger partial charge in [0.05, 0.1) is 41.1 Å². The molecule has 6 rings (SSSR count). The molecule has 0 bridgehead atoms. The highest BCUT2D eigenvalue weighted by Crippen LogP contribution is 2.31. The third kappa shape index (κ3) is 6.36. The summed E-state index contributed by atoms with van der Waals surface area (Å²) in [7, 11) is -6.57. The summed E-state index contributed by atoms with van der Waals surface area (Å²) < 4.78 is 61.6. The van der Waals surface area contributed by atoms with Crippen LogP contribution in [0.3, 0.4) is 0 Å². The van der Waals surface area contributed by atoms with Gasteiger partial charge < -0.3 is 9.72 Å². The quantitative estimate of drug-likeness (QED) is 0.201. The number of amides is 1. The molecule has 230 valence electrons. The molecule has 4 aromatic carbocycles. The topological polar surface area (TPSA) is 164 Å². The number of methoxy groups -OCH3 is 1. The van der Waals surface area contributed by atoms with Gasteiger partial charge in [0.15, 0.2) is 0 Å². The molecule has 45 heavy (non-hydrogen) atoms. The van der Waals surface area contributed by atoms with Gasteiger partial charge in [0, 0.05) is 0 Å². The van der Waals surface area contributed by atoms with Gasteiger partial charge in [-0.15, -0.1) is 0 Å². The number of esters is 1. The second-order valence-corrected chi connectivity index (χ2v) is 14.2. The Bertz CT molecular complexity index is 2110. The van der Waals surface area contributed by atoms with Crippen molar-refractivity contribution in [2.75, 3.05) is 7.11 Å². The summed E-state index contributed by atoms with van der Waals surface area (Å²) in [6.07, 6.45) is -0.0143. The van der Waals surface area contributed by atoms with Crippen LogP contribution in [0.1, 0.15) is 45.0 Å². The van der Waals surface area contributed by atoms with E-state index in [0.29, 0.717) is 33.5 Å². The van der Waals surface area contributed by atoms with E-state index < -0.39 is 43.2 Å². The van der Waals surface area contributed by atoms with Gasteiger partial charge in [-0.3, -0.25) is 9.52 Å². The highest BCUT2D eigenvalue weighted by atomic mass is 32.2. The summed E-state index contributed by atoms with van der Waals surface area (Å²) in [6, 6.07) is 26.7. The van der Waals surface area contributed by atoms with Crippen molar-refractivity contribution in [3.05, 3.63) is 120 Å². The molecule has 0 saturated carbocycles. The number of sulfonamides is 2. The minimum atomic E-state index is -4.04. The first-order chi connectivity index (χ1) is 21.5. The Kier molecular flexibility index (Phi) is 7.99. The zero-order valence-electron chi connectivity index (χ0n) is 23.9. The smallest absolute Gasteiger partial charge is 0.337 e. The molecular formula is C32H28N4O7S2. The van der Waals surface area contributed by atoms with Crippen molar-refractivity contribution in [3.8, 4) is 11.1 Å². The summed E-state index contributed by atoms with van der Waals surface area (Å²) >= 11 is 0. The SMILES string of the molecule is COC(=O)c1ccc2nc(C(Cc3ccc(C4CC(=O)NS4(=O)=O)cc3)NS(=O)(=O)c3ccc(-c4ccccc4)cc3)[nH]c2c1. The largest absolute Gasteiger partial charge is 0.465 e. The van der Waals surface area contributed by atoms with Crippen LogP contribution in [0.5, 0.6) is 0 Å². The molecule has 2 atom stereocenters. The van der Waals surface area contributed by atoms with E-state index in [0.717, 1.165) is 11.1 Å². The minimum absolute atomic E-state index is 0.0650. The predicted octanol–water partition coefficient (Wildman–Crippen LogP) is 4.17. The number of carbonyl (C=O) groups excluding carboxylic acids is 2. The average Bonchev–Trinajstić information content (AvgIpc) is 3.59. The van der Waals surface area contributed by atoms with E-state index in [-0.39, 0.29) is 17.7 Å². The van der Waals surface area contributed by atoms with Crippen molar-refractivity contribution >= 4 is 43.0 Å². The van der Waals surface area contributed by atoms with Crippen molar-refractivity contribution in [1.29, 1.82) is 0 Å². The lowest BCUT2D eigenvalue weighted by atomic mass is 10.0. The van der Waals surface area contributed by atoms with Crippen LogP contribution < -0.4 is 9.44 Å². The van der Waals surface area contributed by atoms with Gasteiger partial charge >= 0.3 is 5.97 Å². The average molecular weight is 645 g/mol. The zero-order chi connectivity index (χ0) is 31.8. The highest BCUT2D eigenvalue weighted by molar-refractivity contribution is 7.90. The molecule has 1 aliphatic rings. The van der Waals surface area contributed by atoms with Crippen LogP contribution in [0.25, 0.3) is 22.2 Å². The molecule has 0 radical (unpaired) electrons. The van der Waals surface area contributed by atoms with E-state index in [1.54, 1.807) is 54.6 Å². The van der Waals surface area contributed by atoms with Crippen LogP contribution in [-0.2, 0) is 36.0 Å². The normalized spacial score (nSPS) is 16.7. The van der Waals surface area contributed by atoms with Gasteiger partial charge in [0.25, 0.3) is 0 Å². The van der Waals surface area contributed by atoms with Crippen molar-refractivity contribution in [2.24, 2.45) is 0 Å².